The van der Waals surface area contributed by atoms with Crippen molar-refractivity contribution in [2.45, 2.75) is 45.8 Å². The summed E-state index contributed by atoms with van der Waals surface area (Å²) >= 11 is 0. The lowest BCUT2D eigenvalue weighted by atomic mass is 10.1. The van der Waals surface area contributed by atoms with E-state index in [1.807, 2.05) is 0 Å². The molecule has 10 nitrogen and oxygen atoms in total. The Balaban J connectivity index is 1.31. The van der Waals surface area contributed by atoms with Crippen LogP contribution in [0.5, 0.6) is 5.75 Å². The van der Waals surface area contributed by atoms with Crippen LogP contribution in [-0.4, -0.2) is 59.0 Å². The zero-order valence-corrected chi connectivity index (χ0v) is 20.8. The normalized spacial score (nSPS) is 16.0. The molecule has 0 radical (unpaired) electrons. The van der Waals surface area contributed by atoms with Crippen LogP contribution in [0.4, 0.5) is 5.69 Å². The Morgan fingerprint density at radius 1 is 1.08 bits per heavy atom. The van der Waals surface area contributed by atoms with Crippen LogP contribution >= 0.6 is 0 Å². The number of nitrogens with zero attached hydrogens (tertiary/aromatic N) is 5. The molecule has 1 aromatic carbocycles. The van der Waals surface area contributed by atoms with Crippen molar-refractivity contribution in [1.82, 2.24) is 25.1 Å². The minimum Gasteiger partial charge on any atom is -0.496 e. The van der Waals surface area contributed by atoms with Crippen LogP contribution in [0.3, 0.4) is 0 Å². The molecule has 0 bridgehead atoms. The second-order valence-electron chi connectivity index (χ2n) is 9.39. The van der Waals surface area contributed by atoms with Crippen molar-refractivity contribution < 1.29 is 14.2 Å². The van der Waals surface area contributed by atoms with E-state index < -0.39 is 0 Å². The Morgan fingerprint density at radius 3 is 2.56 bits per heavy atom. The van der Waals surface area contributed by atoms with Gasteiger partial charge < -0.3 is 19.5 Å². The zero-order chi connectivity index (χ0) is 25.1. The molecule has 0 unspecified atom stereocenters. The average molecular weight is 493 g/mol. The van der Waals surface area contributed by atoms with E-state index in [9.17, 15) is 9.59 Å². The summed E-state index contributed by atoms with van der Waals surface area (Å²) in [5, 5.41) is 10.4. The van der Waals surface area contributed by atoms with Gasteiger partial charge in [-0.3, -0.25) is 14.5 Å². The Morgan fingerprint density at radius 2 is 1.86 bits per heavy atom. The minimum absolute atomic E-state index is 0.160. The van der Waals surface area contributed by atoms with Gasteiger partial charge in [-0.2, -0.15) is 0 Å². The van der Waals surface area contributed by atoms with Gasteiger partial charge in [-0.1, -0.05) is 22.4 Å². The third kappa shape index (κ3) is 4.99. The van der Waals surface area contributed by atoms with E-state index in [2.05, 4.69) is 49.7 Å². The Hall–Kier alpha value is -3.66. The topological polar surface area (TPSA) is 106 Å². The first-order valence-electron chi connectivity index (χ1n) is 12.5. The number of ether oxygens (including phenoxy) is 1. The second-order valence-corrected chi connectivity index (χ2v) is 9.39. The highest BCUT2D eigenvalue weighted by Crippen LogP contribution is 2.24. The highest BCUT2D eigenvalue weighted by molar-refractivity contribution is 5.98. The summed E-state index contributed by atoms with van der Waals surface area (Å²) in [5.74, 6) is -0.0337. The van der Waals surface area contributed by atoms with Crippen molar-refractivity contribution >= 4 is 11.6 Å². The number of nitrogens with one attached hydrogen (secondary N) is 1. The van der Waals surface area contributed by atoms with Gasteiger partial charge in [0.2, 0.25) is 0 Å². The molecular formula is C26H32N6O4. The molecule has 2 aliphatic rings. The molecule has 0 saturated carbocycles. The van der Waals surface area contributed by atoms with Crippen molar-refractivity contribution in [3.8, 4) is 5.75 Å². The third-order valence-electron chi connectivity index (χ3n) is 7.11. The zero-order valence-electron chi connectivity index (χ0n) is 20.8. The minimum atomic E-state index is -0.316. The number of benzene rings is 1. The quantitative estimate of drug-likeness (QED) is 0.535. The number of fused-ring (bicyclic) bond motifs is 1. The predicted molar refractivity (Wildman–Crippen MR) is 134 cm³/mol. The predicted octanol–water partition coefficient (Wildman–Crippen LogP) is 2.14. The average Bonchev–Trinajstić information content (AvgIpc) is 3.52. The van der Waals surface area contributed by atoms with Crippen molar-refractivity contribution in [2.75, 3.05) is 38.2 Å². The molecule has 0 aliphatic carbocycles. The van der Waals surface area contributed by atoms with Gasteiger partial charge in [-0.15, -0.1) is 0 Å². The van der Waals surface area contributed by atoms with Gasteiger partial charge >= 0.3 is 0 Å². The van der Waals surface area contributed by atoms with E-state index in [-0.39, 0.29) is 23.8 Å². The largest absolute Gasteiger partial charge is 0.496 e. The second kappa shape index (κ2) is 10.5. The number of methoxy groups -OCH3 is 1. The van der Waals surface area contributed by atoms with Crippen LogP contribution in [0.1, 0.15) is 45.8 Å². The Labute approximate surface area is 209 Å². The summed E-state index contributed by atoms with van der Waals surface area (Å²) in [5.41, 5.74) is 4.63. The molecule has 1 fully saturated rings. The molecule has 5 rings (SSSR count). The van der Waals surface area contributed by atoms with Crippen LogP contribution in [0, 0.1) is 6.92 Å². The summed E-state index contributed by atoms with van der Waals surface area (Å²) < 4.78 is 11.9. The number of carbonyl (C=O) groups is 1. The highest BCUT2D eigenvalue weighted by atomic mass is 16.6. The molecule has 0 atom stereocenters. The number of anilines is 1. The number of hydrogen-bond donors (Lipinski definition) is 1. The van der Waals surface area contributed by atoms with E-state index >= 15 is 0 Å². The van der Waals surface area contributed by atoms with Gasteiger partial charge in [-0.25, -0.2) is 4.63 Å². The number of rotatable bonds is 7. The van der Waals surface area contributed by atoms with Gasteiger partial charge in [0.15, 0.2) is 0 Å². The summed E-state index contributed by atoms with van der Waals surface area (Å²) in [6.45, 7) is 6.96. The lowest BCUT2D eigenvalue weighted by molar-refractivity contribution is 0.0944. The van der Waals surface area contributed by atoms with E-state index in [1.54, 1.807) is 11.5 Å². The standard InChI is InChI=1S/C26H32N6O4/c1-18-21(29-36-28-18)16-27-26(34)25-22-9-12-30(13-14-32(22)24(33)15-23(25)35-2)17-19-5-7-20(8-6-19)31-10-3-4-11-31/h5-8,15H,3-4,9-14,16-17H2,1-2H3,(H,27,34). The number of amides is 1. The Bertz CT molecular complexity index is 1280. The third-order valence-corrected chi connectivity index (χ3v) is 7.11. The number of hydrogen-bond acceptors (Lipinski definition) is 8. The van der Waals surface area contributed by atoms with Crippen LogP contribution in [-0.2, 0) is 26.1 Å². The lowest BCUT2D eigenvalue weighted by Gasteiger charge is -2.21. The number of aromatic nitrogens is 3. The van der Waals surface area contributed by atoms with Gasteiger partial charge in [0.05, 0.1) is 13.7 Å². The fourth-order valence-corrected chi connectivity index (χ4v) is 5.06. The van der Waals surface area contributed by atoms with E-state index in [0.29, 0.717) is 35.6 Å². The molecule has 1 N–H and O–H groups in total. The summed E-state index contributed by atoms with van der Waals surface area (Å²) in [6.07, 6.45) is 3.08. The maximum absolute atomic E-state index is 13.2. The Kier molecular flexibility index (Phi) is 7.04. The highest BCUT2D eigenvalue weighted by Gasteiger charge is 2.25. The van der Waals surface area contributed by atoms with Crippen molar-refractivity contribution in [2.24, 2.45) is 0 Å². The molecular weight excluding hydrogens is 460 g/mol. The molecule has 3 aromatic rings. The summed E-state index contributed by atoms with van der Waals surface area (Å²) in [6, 6.07) is 10.2. The fourth-order valence-electron chi connectivity index (χ4n) is 5.06. The fraction of sp³-hybridized carbons (Fsp3) is 0.462. The molecule has 0 spiro atoms. The summed E-state index contributed by atoms with van der Waals surface area (Å²) in [7, 11) is 1.48. The van der Waals surface area contributed by atoms with Crippen LogP contribution in [0.2, 0.25) is 0 Å². The smallest absolute Gasteiger partial charge is 0.257 e. The van der Waals surface area contributed by atoms with Gasteiger partial charge in [0.25, 0.3) is 11.5 Å². The van der Waals surface area contributed by atoms with Crippen molar-refractivity contribution in [1.29, 1.82) is 0 Å². The van der Waals surface area contributed by atoms with Gasteiger partial charge in [0.1, 0.15) is 22.7 Å². The molecule has 190 valence electrons. The van der Waals surface area contributed by atoms with Gasteiger partial charge in [-0.05, 0) is 37.5 Å². The maximum Gasteiger partial charge on any atom is 0.257 e. The first-order valence-corrected chi connectivity index (χ1v) is 12.5. The van der Waals surface area contributed by atoms with Crippen molar-refractivity contribution in [3.05, 3.63) is 68.9 Å². The van der Waals surface area contributed by atoms with Crippen molar-refractivity contribution in [3.63, 3.8) is 0 Å². The van der Waals surface area contributed by atoms with E-state index in [1.165, 1.54) is 37.3 Å². The molecule has 36 heavy (non-hydrogen) atoms. The number of pyridine rings is 1. The van der Waals surface area contributed by atoms with Gasteiger partial charge in [0, 0.05) is 63.1 Å². The molecule has 10 heteroatoms. The van der Waals surface area contributed by atoms with Crippen LogP contribution in [0.15, 0.2) is 39.8 Å². The molecule has 4 heterocycles. The lowest BCUT2D eigenvalue weighted by Crippen LogP contribution is -2.31. The molecule has 2 aromatic heterocycles. The molecule has 2 aliphatic heterocycles. The monoisotopic (exact) mass is 492 g/mol. The maximum atomic E-state index is 13.2. The number of carbonyl (C=O) groups excluding carboxylic acids is 1. The van der Waals surface area contributed by atoms with Crippen LogP contribution in [0.25, 0.3) is 0 Å². The number of aryl methyl sites for hydroxylation is 1. The van der Waals surface area contributed by atoms with Crippen LogP contribution < -0.4 is 20.5 Å². The molecule has 1 saturated heterocycles. The first-order chi connectivity index (χ1) is 17.5. The summed E-state index contributed by atoms with van der Waals surface area (Å²) in [4.78, 5) is 30.9. The SMILES string of the molecule is COc1cc(=O)n2c(c1C(=O)NCc1nonc1C)CCN(Cc1ccc(N3CCCC3)cc1)CC2. The first kappa shape index (κ1) is 24.1. The van der Waals surface area contributed by atoms with E-state index in [4.69, 9.17) is 9.37 Å². The molecule has 1 amide bonds. The van der Waals surface area contributed by atoms with E-state index in [0.717, 1.165) is 32.7 Å².